The highest BCUT2D eigenvalue weighted by atomic mass is 127. The molecule has 1 aromatic rings. The maximum absolute atomic E-state index is 5.21. The van der Waals surface area contributed by atoms with Crippen molar-refractivity contribution in [2.75, 3.05) is 19.0 Å². The number of methoxy groups -OCH3 is 1. The summed E-state index contributed by atoms with van der Waals surface area (Å²) in [5.74, 6) is 2.59. The van der Waals surface area contributed by atoms with E-state index in [1.54, 1.807) is 7.11 Å². The van der Waals surface area contributed by atoms with Gasteiger partial charge in [0.1, 0.15) is 11.6 Å². The van der Waals surface area contributed by atoms with Gasteiger partial charge in [-0.1, -0.05) is 20.8 Å². The van der Waals surface area contributed by atoms with Crippen molar-refractivity contribution in [1.82, 2.24) is 9.97 Å². The van der Waals surface area contributed by atoms with Gasteiger partial charge in [-0.2, -0.15) is 0 Å². The molecule has 0 spiro atoms. The Hall–Kier alpha value is -0.0800. The molecule has 0 saturated carbocycles. The summed E-state index contributed by atoms with van der Waals surface area (Å²) in [4.78, 5) is 9.21. The predicted octanol–water partition coefficient (Wildman–Crippen LogP) is 3.69. The van der Waals surface area contributed by atoms with Crippen LogP contribution >= 0.6 is 34.4 Å². The van der Waals surface area contributed by atoms with Gasteiger partial charge in [-0.15, -0.1) is 11.8 Å². The third kappa shape index (κ3) is 5.83. The summed E-state index contributed by atoms with van der Waals surface area (Å²) in [5, 5.41) is 3.29. The number of aromatic nitrogens is 2. The second kappa shape index (κ2) is 7.64. The number of halogens is 1. The Bertz CT molecular complexity index is 394. The Kier molecular flexibility index (Phi) is 6.82. The second-order valence-electron chi connectivity index (χ2n) is 5.11. The molecule has 6 heteroatoms. The van der Waals surface area contributed by atoms with Crippen LogP contribution in [0, 0.1) is 3.57 Å². The van der Waals surface area contributed by atoms with Gasteiger partial charge in [-0.3, -0.25) is 0 Å². The maximum Gasteiger partial charge on any atom is 0.143 e. The van der Waals surface area contributed by atoms with Crippen LogP contribution in [0.25, 0.3) is 0 Å². The summed E-state index contributed by atoms with van der Waals surface area (Å²) in [6, 6.07) is 0. The smallest absolute Gasteiger partial charge is 0.143 e. The molecule has 0 atom stereocenters. The number of nitrogens with one attached hydrogen (secondary N) is 1. The van der Waals surface area contributed by atoms with Crippen LogP contribution in [0.3, 0.4) is 0 Å². The highest BCUT2D eigenvalue weighted by Gasteiger charge is 2.15. The fourth-order valence-electron chi connectivity index (χ4n) is 1.41. The average molecular weight is 395 g/mol. The summed E-state index contributed by atoms with van der Waals surface area (Å²) in [5.41, 5.74) is 0.957. The van der Waals surface area contributed by atoms with Crippen molar-refractivity contribution in [3.63, 3.8) is 0 Å². The van der Waals surface area contributed by atoms with Gasteiger partial charge in [0.05, 0.1) is 21.6 Å². The van der Waals surface area contributed by atoms with Gasteiger partial charge < -0.3 is 10.1 Å². The van der Waals surface area contributed by atoms with Crippen molar-refractivity contribution in [3.05, 3.63) is 15.1 Å². The van der Waals surface area contributed by atoms with Gasteiger partial charge in [0.2, 0.25) is 0 Å². The number of ether oxygens (including phenoxy) is 1. The molecule has 0 aliphatic heterocycles. The molecule has 0 bridgehead atoms. The highest BCUT2D eigenvalue weighted by molar-refractivity contribution is 14.1. The van der Waals surface area contributed by atoms with E-state index in [9.17, 15) is 0 Å². The number of hydrogen-bond acceptors (Lipinski definition) is 5. The number of anilines is 1. The standard InChI is InChI=1S/C13H22IN3OS/c1-6-15-12-11(14)9(7-18-5)16-10(17-12)8-19-13(2,3)4/h6-8H2,1-5H3,(H,15,16,17). The van der Waals surface area contributed by atoms with E-state index in [4.69, 9.17) is 4.74 Å². The van der Waals surface area contributed by atoms with Crippen LogP contribution in [0.1, 0.15) is 39.2 Å². The van der Waals surface area contributed by atoms with E-state index in [-0.39, 0.29) is 4.75 Å². The molecular weight excluding hydrogens is 373 g/mol. The maximum atomic E-state index is 5.21. The van der Waals surface area contributed by atoms with Crippen molar-refractivity contribution in [3.8, 4) is 0 Å². The minimum atomic E-state index is 0.214. The lowest BCUT2D eigenvalue weighted by atomic mass is 10.3. The van der Waals surface area contributed by atoms with Crippen LogP contribution in [0.15, 0.2) is 0 Å². The number of nitrogens with zero attached hydrogens (tertiary/aromatic N) is 2. The van der Waals surface area contributed by atoms with Crippen molar-refractivity contribution in [1.29, 1.82) is 0 Å². The molecule has 108 valence electrons. The number of thioether (sulfide) groups is 1. The minimum absolute atomic E-state index is 0.214. The Morgan fingerprint density at radius 1 is 1.32 bits per heavy atom. The quantitative estimate of drug-likeness (QED) is 0.745. The first-order valence-electron chi connectivity index (χ1n) is 6.29. The average Bonchev–Trinajstić information content (AvgIpc) is 2.31. The highest BCUT2D eigenvalue weighted by Crippen LogP contribution is 2.27. The van der Waals surface area contributed by atoms with E-state index in [2.05, 4.69) is 65.6 Å². The Balaban J connectivity index is 2.97. The zero-order chi connectivity index (χ0) is 14.5. The molecule has 0 aliphatic rings. The molecule has 1 aromatic heterocycles. The zero-order valence-corrected chi connectivity index (χ0v) is 15.2. The number of rotatable bonds is 6. The molecule has 0 saturated heterocycles. The third-order valence-electron chi connectivity index (χ3n) is 2.23. The Labute approximate surface area is 133 Å². The molecule has 0 unspecified atom stereocenters. The molecule has 0 aromatic carbocycles. The first-order valence-corrected chi connectivity index (χ1v) is 8.36. The monoisotopic (exact) mass is 395 g/mol. The minimum Gasteiger partial charge on any atom is -0.378 e. The molecular formula is C13H22IN3OS. The zero-order valence-electron chi connectivity index (χ0n) is 12.2. The lowest BCUT2D eigenvalue weighted by molar-refractivity contribution is 0.180. The molecule has 0 amide bonds. The van der Waals surface area contributed by atoms with E-state index >= 15 is 0 Å². The fraction of sp³-hybridized carbons (Fsp3) is 0.692. The Morgan fingerprint density at radius 3 is 2.53 bits per heavy atom. The van der Waals surface area contributed by atoms with Gasteiger partial charge in [-0.05, 0) is 29.5 Å². The summed E-state index contributed by atoms with van der Waals surface area (Å²) >= 11 is 4.12. The van der Waals surface area contributed by atoms with Crippen molar-refractivity contribution in [2.45, 2.75) is 44.8 Å². The third-order valence-corrected chi connectivity index (χ3v) is 4.63. The van der Waals surface area contributed by atoms with Crippen LogP contribution in [0.4, 0.5) is 5.82 Å². The molecule has 1 N–H and O–H groups in total. The van der Waals surface area contributed by atoms with E-state index < -0.39 is 0 Å². The molecule has 0 fully saturated rings. The second-order valence-corrected chi connectivity index (χ2v) is 7.99. The molecule has 4 nitrogen and oxygen atoms in total. The van der Waals surface area contributed by atoms with E-state index in [0.717, 1.165) is 33.2 Å². The van der Waals surface area contributed by atoms with Crippen LogP contribution in [0.5, 0.6) is 0 Å². The summed E-state index contributed by atoms with van der Waals surface area (Å²) in [7, 11) is 1.69. The molecule has 19 heavy (non-hydrogen) atoms. The topological polar surface area (TPSA) is 47.0 Å². The van der Waals surface area contributed by atoms with Crippen LogP contribution in [0.2, 0.25) is 0 Å². The van der Waals surface area contributed by atoms with Gasteiger partial charge in [0.15, 0.2) is 0 Å². The lowest BCUT2D eigenvalue weighted by Gasteiger charge is -2.18. The molecule has 1 heterocycles. The summed E-state index contributed by atoms with van der Waals surface area (Å²) < 4.78 is 6.47. The molecule has 1 rings (SSSR count). The SMILES string of the molecule is CCNc1nc(CSC(C)(C)C)nc(COC)c1I. The predicted molar refractivity (Wildman–Crippen MR) is 90.7 cm³/mol. The van der Waals surface area contributed by atoms with Crippen molar-refractivity contribution in [2.24, 2.45) is 0 Å². The Morgan fingerprint density at radius 2 is 2.00 bits per heavy atom. The van der Waals surface area contributed by atoms with Crippen LogP contribution in [-0.2, 0) is 17.1 Å². The summed E-state index contributed by atoms with van der Waals surface area (Å²) in [6.07, 6.45) is 0. The fourth-order valence-corrected chi connectivity index (χ4v) is 2.69. The van der Waals surface area contributed by atoms with Gasteiger partial charge in [0.25, 0.3) is 0 Å². The first-order chi connectivity index (χ1) is 8.87. The van der Waals surface area contributed by atoms with E-state index in [1.165, 1.54) is 0 Å². The van der Waals surface area contributed by atoms with Crippen LogP contribution in [-0.4, -0.2) is 28.4 Å². The van der Waals surface area contributed by atoms with Crippen molar-refractivity contribution >= 4 is 40.2 Å². The summed E-state index contributed by atoms with van der Waals surface area (Å²) in [6.45, 7) is 10.0. The molecule has 0 radical (unpaired) electrons. The van der Waals surface area contributed by atoms with Crippen LogP contribution < -0.4 is 5.32 Å². The van der Waals surface area contributed by atoms with E-state index in [0.29, 0.717) is 6.61 Å². The normalized spacial score (nSPS) is 11.7. The largest absolute Gasteiger partial charge is 0.378 e. The van der Waals surface area contributed by atoms with Gasteiger partial charge in [0, 0.05) is 18.4 Å². The van der Waals surface area contributed by atoms with E-state index in [1.807, 2.05) is 11.8 Å². The first kappa shape index (κ1) is 17.0. The van der Waals surface area contributed by atoms with Gasteiger partial charge >= 0.3 is 0 Å². The van der Waals surface area contributed by atoms with Gasteiger partial charge in [-0.25, -0.2) is 9.97 Å². The number of hydrogen-bond donors (Lipinski definition) is 1. The molecule has 0 aliphatic carbocycles. The van der Waals surface area contributed by atoms with Crippen molar-refractivity contribution < 1.29 is 4.74 Å². The lowest BCUT2D eigenvalue weighted by Crippen LogP contribution is -2.12.